The third-order valence-corrected chi connectivity index (χ3v) is 4.07. The van der Waals surface area contributed by atoms with Crippen molar-refractivity contribution in [2.75, 3.05) is 5.75 Å². The van der Waals surface area contributed by atoms with Crippen molar-refractivity contribution < 1.29 is 27.8 Å². The molecule has 18 heavy (non-hydrogen) atoms. The second kappa shape index (κ2) is 5.45. The molecule has 0 fully saturated rings. The van der Waals surface area contributed by atoms with Crippen molar-refractivity contribution in [2.24, 2.45) is 0 Å². The normalized spacial score (nSPS) is 13.3. The molecule has 1 atom stereocenters. The molecule has 1 unspecified atom stereocenters. The second-order valence-corrected chi connectivity index (χ2v) is 5.98. The Kier molecular flexibility index (Phi) is 4.42. The fourth-order valence-electron chi connectivity index (χ4n) is 1.31. The number of hydrogen-bond acceptors (Lipinski definition) is 4. The van der Waals surface area contributed by atoms with E-state index >= 15 is 0 Å². The van der Waals surface area contributed by atoms with Crippen LogP contribution in [-0.4, -0.2) is 36.5 Å². The predicted octanol–water partition coefficient (Wildman–Crippen LogP) is 1.07. The molecule has 1 rings (SSSR count). The Morgan fingerprint density at radius 2 is 2.06 bits per heavy atom. The highest BCUT2D eigenvalue weighted by Gasteiger charge is 2.21. The summed E-state index contributed by atoms with van der Waals surface area (Å²) in [6.45, 7) is 1.42. The Hall–Kier alpha value is -1.47. The summed E-state index contributed by atoms with van der Waals surface area (Å²) in [6, 6.07) is 2.58. The number of carbonyl (C=O) groups is 1. The summed E-state index contributed by atoms with van der Waals surface area (Å²) < 4.78 is 37.0. The van der Waals surface area contributed by atoms with Crippen molar-refractivity contribution in [3.63, 3.8) is 0 Å². The van der Waals surface area contributed by atoms with E-state index in [4.69, 9.17) is 10.2 Å². The summed E-state index contributed by atoms with van der Waals surface area (Å²) in [4.78, 5) is 10.1. The lowest BCUT2D eigenvalue weighted by Gasteiger charge is -2.08. The Labute approximate surface area is 104 Å². The zero-order valence-corrected chi connectivity index (χ0v) is 10.4. The summed E-state index contributed by atoms with van der Waals surface area (Å²) >= 11 is 0. The van der Waals surface area contributed by atoms with Crippen LogP contribution in [0, 0.1) is 5.82 Å². The summed E-state index contributed by atoms with van der Waals surface area (Å²) in [5.74, 6) is -2.77. The lowest BCUT2D eigenvalue weighted by Crippen LogP contribution is -2.14. The summed E-state index contributed by atoms with van der Waals surface area (Å²) in [7, 11) is -3.94. The fraction of sp³-hybridized carbons (Fsp3) is 0.364. The average Bonchev–Trinajstić information content (AvgIpc) is 2.26. The molecule has 0 aromatic heterocycles. The van der Waals surface area contributed by atoms with Crippen molar-refractivity contribution in [1.29, 1.82) is 0 Å². The maximum atomic E-state index is 13.4. The predicted molar refractivity (Wildman–Crippen MR) is 61.7 cm³/mol. The van der Waals surface area contributed by atoms with Crippen LogP contribution in [0.15, 0.2) is 23.1 Å². The maximum Gasteiger partial charge on any atom is 0.335 e. The van der Waals surface area contributed by atoms with Gasteiger partial charge in [-0.2, -0.15) is 0 Å². The molecule has 7 heteroatoms. The van der Waals surface area contributed by atoms with Gasteiger partial charge in [-0.25, -0.2) is 17.6 Å². The van der Waals surface area contributed by atoms with Gasteiger partial charge >= 0.3 is 5.97 Å². The average molecular weight is 276 g/mol. The standard InChI is InChI=1S/C11H13FO5S/c1-7(13)4-5-18(16,17)10-6-8(11(14)15)2-3-9(10)12/h2-3,6-7,13H,4-5H2,1H3,(H,14,15). The van der Waals surface area contributed by atoms with Crippen LogP contribution in [0.3, 0.4) is 0 Å². The first-order valence-corrected chi connectivity index (χ1v) is 6.83. The minimum atomic E-state index is -3.94. The number of rotatable bonds is 5. The Morgan fingerprint density at radius 3 is 2.56 bits per heavy atom. The largest absolute Gasteiger partial charge is 0.478 e. The summed E-state index contributed by atoms with van der Waals surface area (Å²) in [5.41, 5.74) is -0.299. The monoisotopic (exact) mass is 276 g/mol. The zero-order chi connectivity index (χ0) is 13.9. The zero-order valence-electron chi connectivity index (χ0n) is 9.63. The molecule has 0 radical (unpaired) electrons. The minimum Gasteiger partial charge on any atom is -0.478 e. The number of carboxylic acids is 1. The van der Waals surface area contributed by atoms with E-state index in [9.17, 15) is 17.6 Å². The molecule has 0 spiro atoms. The lowest BCUT2D eigenvalue weighted by atomic mass is 10.2. The van der Waals surface area contributed by atoms with Crippen LogP contribution in [0.25, 0.3) is 0 Å². The molecule has 2 N–H and O–H groups in total. The number of sulfone groups is 1. The third kappa shape index (κ3) is 3.51. The smallest absolute Gasteiger partial charge is 0.335 e. The fourth-order valence-corrected chi connectivity index (χ4v) is 2.85. The van der Waals surface area contributed by atoms with E-state index in [-0.39, 0.29) is 12.0 Å². The molecular formula is C11H13FO5S. The molecular weight excluding hydrogens is 263 g/mol. The van der Waals surface area contributed by atoms with Crippen LogP contribution in [-0.2, 0) is 9.84 Å². The quantitative estimate of drug-likeness (QED) is 0.839. The highest BCUT2D eigenvalue weighted by Crippen LogP contribution is 2.19. The summed E-state index contributed by atoms with van der Waals surface area (Å²) in [5, 5.41) is 17.7. The number of halogens is 1. The molecule has 5 nitrogen and oxygen atoms in total. The molecule has 1 aromatic rings. The topological polar surface area (TPSA) is 91.7 Å². The highest BCUT2D eigenvalue weighted by molar-refractivity contribution is 7.91. The lowest BCUT2D eigenvalue weighted by molar-refractivity contribution is 0.0696. The van der Waals surface area contributed by atoms with Crippen molar-refractivity contribution >= 4 is 15.8 Å². The van der Waals surface area contributed by atoms with Gasteiger partial charge in [0, 0.05) is 0 Å². The van der Waals surface area contributed by atoms with Gasteiger partial charge in [-0.1, -0.05) is 0 Å². The Bertz CT molecular complexity index is 551. The highest BCUT2D eigenvalue weighted by atomic mass is 32.2. The van der Waals surface area contributed by atoms with Crippen LogP contribution in [0.5, 0.6) is 0 Å². The molecule has 0 saturated heterocycles. The number of benzene rings is 1. The first kappa shape index (κ1) is 14.6. The van der Waals surface area contributed by atoms with Gasteiger partial charge in [-0.05, 0) is 31.5 Å². The van der Waals surface area contributed by atoms with E-state index in [1.807, 2.05) is 0 Å². The van der Waals surface area contributed by atoms with Gasteiger partial charge in [0.1, 0.15) is 10.7 Å². The molecule has 0 saturated carbocycles. The minimum absolute atomic E-state index is 0.0426. The molecule has 0 aliphatic heterocycles. The molecule has 100 valence electrons. The Morgan fingerprint density at radius 1 is 1.44 bits per heavy atom. The number of aromatic carboxylic acids is 1. The van der Waals surface area contributed by atoms with Crippen molar-refractivity contribution in [1.82, 2.24) is 0 Å². The van der Waals surface area contributed by atoms with E-state index in [0.29, 0.717) is 0 Å². The molecule has 0 amide bonds. The van der Waals surface area contributed by atoms with E-state index in [1.165, 1.54) is 6.92 Å². The Balaban J connectivity index is 3.15. The number of aliphatic hydroxyl groups is 1. The second-order valence-electron chi connectivity index (χ2n) is 3.91. The van der Waals surface area contributed by atoms with Gasteiger partial charge in [0.2, 0.25) is 0 Å². The van der Waals surface area contributed by atoms with E-state index < -0.39 is 38.4 Å². The third-order valence-electron chi connectivity index (χ3n) is 2.32. The SMILES string of the molecule is CC(O)CCS(=O)(=O)c1cc(C(=O)O)ccc1F. The van der Waals surface area contributed by atoms with Gasteiger partial charge in [-0.15, -0.1) is 0 Å². The van der Waals surface area contributed by atoms with Crippen LogP contribution in [0.4, 0.5) is 4.39 Å². The van der Waals surface area contributed by atoms with Crippen molar-refractivity contribution in [3.8, 4) is 0 Å². The number of hydrogen-bond donors (Lipinski definition) is 2. The van der Waals surface area contributed by atoms with Crippen LogP contribution in [0.2, 0.25) is 0 Å². The van der Waals surface area contributed by atoms with Gasteiger partial charge < -0.3 is 10.2 Å². The number of aliphatic hydroxyl groups excluding tert-OH is 1. The maximum absolute atomic E-state index is 13.4. The van der Waals surface area contributed by atoms with Gasteiger partial charge in [0.15, 0.2) is 9.84 Å². The van der Waals surface area contributed by atoms with Crippen LogP contribution in [0.1, 0.15) is 23.7 Å². The first-order chi connectivity index (χ1) is 8.24. The number of carboxylic acid groups (broad SMARTS) is 1. The molecule has 0 bridgehead atoms. The molecule has 0 heterocycles. The van der Waals surface area contributed by atoms with Crippen LogP contribution >= 0.6 is 0 Å². The van der Waals surface area contributed by atoms with E-state index in [2.05, 4.69) is 0 Å². The molecule has 1 aromatic carbocycles. The van der Waals surface area contributed by atoms with Crippen molar-refractivity contribution in [2.45, 2.75) is 24.3 Å². The van der Waals surface area contributed by atoms with E-state index in [0.717, 1.165) is 18.2 Å². The molecule has 0 aliphatic carbocycles. The van der Waals surface area contributed by atoms with Gasteiger partial charge in [-0.3, -0.25) is 0 Å². The summed E-state index contributed by atoms with van der Waals surface area (Å²) in [6.07, 6.45) is -0.871. The first-order valence-electron chi connectivity index (χ1n) is 5.17. The van der Waals surface area contributed by atoms with Gasteiger partial charge in [0.25, 0.3) is 0 Å². The molecule has 0 aliphatic rings. The van der Waals surface area contributed by atoms with Gasteiger partial charge in [0.05, 0.1) is 17.4 Å². The van der Waals surface area contributed by atoms with Crippen molar-refractivity contribution in [3.05, 3.63) is 29.6 Å². The van der Waals surface area contributed by atoms with E-state index in [1.54, 1.807) is 0 Å². The van der Waals surface area contributed by atoms with Crippen LogP contribution < -0.4 is 0 Å².